The van der Waals surface area contributed by atoms with Crippen molar-refractivity contribution in [3.8, 4) is 5.75 Å². The molecule has 0 spiro atoms. The van der Waals surface area contributed by atoms with Crippen LogP contribution in [-0.4, -0.2) is 28.5 Å². The Morgan fingerprint density at radius 1 is 0.969 bits per heavy atom. The molecule has 0 aromatic heterocycles. The van der Waals surface area contributed by atoms with E-state index in [4.69, 9.17) is 17.0 Å². The van der Waals surface area contributed by atoms with Crippen LogP contribution < -0.4 is 20.9 Å². The highest BCUT2D eigenvalue weighted by Crippen LogP contribution is 2.14. The minimum Gasteiger partial charge on any atom is -0.494 e. The monoisotopic (exact) mass is 458 g/mol. The van der Waals surface area contributed by atoms with Crippen LogP contribution in [0.2, 0.25) is 0 Å². The third-order valence-electron chi connectivity index (χ3n) is 4.47. The lowest BCUT2D eigenvalue weighted by atomic mass is 10.2. The van der Waals surface area contributed by atoms with Crippen molar-refractivity contribution in [2.45, 2.75) is 39.0 Å². The first kappa shape index (κ1) is 24.7. The van der Waals surface area contributed by atoms with Gasteiger partial charge in [0.05, 0.1) is 11.5 Å². The summed E-state index contributed by atoms with van der Waals surface area (Å²) in [7, 11) is 0. The fourth-order valence-corrected chi connectivity index (χ4v) is 2.89. The van der Waals surface area contributed by atoms with E-state index in [1.165, 1.54) is 37.5 Å². The van der Waals surface area contributed by atoms with Gasteiger partial charge in [0.25, 0.3) is 17.5 Å². The number of nitro benzene ring substituents is 1. The lowest BCUT2D eigenvalue weighted by molar-refractivity contribution is -0.384. The third kappa shape index (κ3) is 8.31. The van der Waals surface area contributed by atoms with Gasteiger partial charge in [-0.15, -0.1) is 0 Å². The second-order valence-corrected chi connectivity index (χ2v) is 7.37. The molecule has 9 nitrogen and oxygen atoms in total. The molecule has 0 aliphatic rings. The van der Waals surface area contributed by atoms with Gasteiger partial charge in [0.1, 0.15) is 5.75 Å². The summed E-state index contributed by atoms with van der Waals surface area (Å²) in [6.45, 7) is 2.81. The van der Waals surface area contributed by atoms with Crippen LogP contribution in [0.25, 0.3) is 0 Å². The maximum absolute atomic E-state index is 12.3. The molecule has 0 atom stereocenters. The maximum atomic E-state index is 12.3. The second kappa shape index (κ2) is 13.0. The summed E-state index contributed by atoms with van der Waals surface area (Å²) in [4.78, 5) is 34.6. The van der Waals surface area contributed by atoms with Gasteiger partial charge in [-0.1, -0.05) is 38.7 Å². The van der Waals surface area contributed by atoms with E-state index in [9.17, 15) is 19.7 Å². The maximum Gasteiger partial charge on any atom is 0.270 e. The molecule has 3 N–H and O–H groups in total. The zero-order valence-electron chi connectivity index (χ0n) is 17.8. The summed E-state index contributed by atoms with van der Waals surface area (Å²) < 4.78 is 5.67. The van der Waals surface area contributed by atoms with E-state index in [2.05, 4.69) is 23.1 Å². The zero-order chi connectivity index (χ0) is 23.3. The topological polar surface area (TPSA) is 123 Å². The number of nitro groups is 1. The molecule has 2 aromatic carbocycles. The van der Waals surface area contributed by atoms with Crippen molar-refractivity contribution in [1.82, 2.24) is 16.2 Å². The van der Waals surface area contributed by atoms with Crippen LogP contribution in [-0.2, 0) is 0 Å². The van der Waals surface area contributed by atoms with Crippen molar-refractivity contribution in [3.63, 3.8) is 0 Å². The molecular weight excluding hydrogens is 432 g/mol. The third-order valence-corrected chi connectivity index (χ3v) is 4.67. The molecule has 0 unspecified atom stereocenters. The number of nitrogens with one attached hydrogen (secondary N) is 3. The SMILES string of the molecule is CCCCCCCOc1ccc(C(=O)NC(=S)NNC(=O)c2cccc([N+](=O)[O-])c2)cc1. The molecule has 2 rings (SSSR count). The van der Waals surface area contributed by atoms with Crippen molar-refractivity contribution in [2.24, 2.45) is 0 Å². The molecule has 0 aliphatic heterocycles. The Morgan fingerprint density at radius 3 is 2.38 bits per heavy atom. The minimum absolute atomic E-state index is 0.0711. The normalized spacial score (nSPS) is 10.2. The lowest BCUT2D eigenvalue weighted by Gasteiger charge is -2.11. The van der Waals surface area contributed by atoms with Crippen molar-refractivity contribution in [1.29, 1.82) is 0 Å². The summed E-state index contributed by atoms with van der Waals surface area (Å²) in [6.07, 6.45) is 5.77. The standard InChI is InChI=1S/C22H26N4O5S/c1-2-3-4-5-6-14-31-19-12-10-16(11-13-19)20(27)23-22(32)25-24-21(28)17-8-7-9-18(15-17)26(29)30/h7-13,15H,2-6,14H2,1H3,(H,24,28)(H2,23,25,27,32). The van der Waals surface area contributed by atoms with Gasteiger partial charge >= 0.3 is 0 Å². The summed E-state index contributed by atoms with van der Waals surface area (Å²) in [5, 5.41) is 13.1. The number of non-ortho nitro benzene ring substituents is 1. The number of amides is 2. The van der Waals surface area contributed by atoms with Gasteiger partial charge in [0.15, 0.2) is 5.11 Å². The molecule has 170 valence electrons. The Bertz CT molecular complexity index is 950. The van der Waals surface area contributed by atoms with Crippen molar-refractivity contribution >= 4 is 34.8 Å². The summed E-state index contributed by atoms with van der Waals surface area (Å²) in [5.41, 5.74) is 4.91. The molecule has 0 aliphatic carbocycles. The van der Waals surface area contributed by atoms with Crippen molar-refractivity contribution in [2.75, 3.05) is 6.61 Å². The summed E-state index contributed by atoms with van der Waals surface area (Å²) in [5.74, 6) is -0.415. The van der Waals surface area contributed by atoms with Gasteiger partial charge < -0.3 is 4.74 Å². The molecule has 0 fully saturated rings. The van der Waals surface area contributed by atoms with Crippen LogP contribution in [0.5, 0.6) is 5.75 Å². The van der Waals surface area contributed by atoms with E-state index in [1.807, 2.05) is 0 Å². The highest BCUT2D eigenvalue weighted by molar-refractivity contribution is 7.80. The predicted molar refractivity (Wildman–Crippen MR) is 124 cm³/mol. The highest BCUT2D eigenvalue weighted by atomic mass is 32.1. The number of hydrogen-bond acceptors (Lipinski definition) is 6. The van der Waals surface area contributed by atoms with E-state index in [0.717, 1.165) is 18.9 Å². The first-order valence-electron chi connectivity index (χ1n) is 10.3. The Hall–Kier alpha value is -3.53. The van der Waals surface area contributed by atoms with E-state index in [-0.39, 0.29) is 16.4 Å². The number of ether oxygens (including phenoxy) is 1. The first-order valence-corrected chi connectivity index (χ1v) is 10.7. The summed E-state index contributed by atoms with van der Waals surface area (Å²) >= 11 is 5.00. The largest absolute Gasteiger partial charge is 0.494 e. The molecule has 0 heterocycles. The van der Waals surface area contributed by atoms with Crippen LogP contribution in [0.1, 0.15) is 59.7 Å². The van der Waals surface area contributed by atoms with E-state index in [1.54, 1.807) is 24.3 Å². The number of benzene rings is 2. The number of nitrogens with zero attached hydrogens (tertiary/aromatic N) is 1. The Balaban J connectivity index is 1.76. The molecule has 2 aromatic rings. The predicted octanol–water partition coefficient (Wildman–Crippen LogP) is 3.89. The van der Waals surface area contributed by atoms with E-state index in [0.29, 0.717) is 17.9 Å². The number of hydrazine groups is 1. The fraction of sp³-hybridized carbons (Fsp3) is 0.318. The van der Waals surface area contributed by atoms with Crippen LogP contribution in [0, 0.1) is 10.1 Å². The number of hydrogen-bond donors (Lipinski definition) is 3. The molecule has 10 heteroatoms. The number of carbonyl (C=O) groups excluding carboxylic acids is 2. The minimum atomic E-state index is -0.638. The van der Waals surface area contributed by atoms with Crippen LogP contribution in [0.4, 0.5) is 5.69 Å². The Morgan fingerprint density at radius 2 is 1.69 bits per heavy atom. The van der Waals surface area contributed by atoms with Gasteiger partial charge in [-0.3, -0.25) is 35.9 Å². The van der Waals surface area contributed by atoms with E-state index < -0.39 is 16.7 Å². The molecule has 0 radical (unpaired) electrons. The zero-order valence-corrected chi connectivity index (χ0v) is 18.6. The number of carbonyl (C=O) groups is 2. The number of unbranched alkanes of at least 4 members (excludes halogenated alkanes) is 4. The molecule has 32 heavy (non-hydrogen) atoms. The average molecular weight is 459 g/mol. The van der Waals surface area contributed by atoms with Crippen molar-refractivity contribution in [3.05, 3.63) is 69.8 Å². The lowest BCUT2D eigenvalue weighted by Crippen LogP contribution is -2.48. The van der Waals surface area contributed by atoms with Gasteiger partial charge in [-0.25, -0.2) is 0 Å². The van der Waals surface area contributed by atoms with Crippen LogP contribution >= 0.6 is 12.2 Å². The molecular formula is C22H26N4O5S. The van der Waals surface area contributed by atoms with Gasteiger partial charge in [-0.05, 0) is 49.0 Å². The number of rotatable bonds is 10. The smallest absolute Gasteiger partial charge is 0.270 e. The second-order valence-electron chi connectivity index (χ2n) is 6.96. The molecule has 0 saturated carbocycles. The highest BCUT2D eigenvalue weighted by Gasteiger charge is 2.13. The number of thiocarbonyl (C=S) groups is 1. The Labute approximate surface area is 191 Å². The van der Waals surface area contributed by atoms with Gasteiger partial charge in [0, 0.05) is 23.3 Å². The molecule has 2 amide bonds. The first-order chi connectivity index (χ1) is 15.4. The van der Waals surface area contributed by atoms with Crippen molar-refractivity contribution < 1.29 is 19.2 Å². The van der Waals surface area contributed by atoms with Gasteiger partial charge in [-0.2, -0.15) is 0 Å². The van der Waals surface area contributed by atoms with Crippen LogP contribution in [0.3, 0.4) is 0 Å². The molecule has 0 bridgehead atoms. The summed E-state index contributed by atoms with van der Waals surface area (Å²) in [6, 6.07) is 11.9. The average Bonchev–Trinajstić information content (AvgIpc) is 2.80. The fourth-order valence-electron chi connectivity index (χ4n) is 2.75. The van der Waals surface area contributed by atoms with E-state index >= 15 is 0 Å². The molecule has 0 saturated heterocycles. The Kier molecular flexibility index (Phi) is 10.1. The quantitative estimate of drug-likeness (QED) is 0.214. The van der Waals surface area contributed by atoms with Gasteiger partial charge in [0.2, 0.25) is 0 Å². The van der Waals surface area contributed by atoms with Crippen LogP contribution in [0.15, 0.2) is 48.5 Å².